The summed E-state index contributed by atoms with van der Waals surface area (Å²) >= 11 is 0. The van der Waals surface area contributed by atoms with Crippen molar-refractivity contribution in [2.75, 3.05) is 54.1 Å². The highest BCUT2D eigenvalue weighted by Gasteiger charge is 2.05. The van der Waals surface area contributed by atoms with E-state index in [-0.39, 0.29) is 0 Å². The highest BCUT2D eigenvalue weighted by atomic mass is 16.5. The lowest BCUT2D eigenvalue weighted by Crippen LogP contribution is -2.35. The summed E-state index contributed by atoms with van der Waals surface area (Å²) in [6.07, 6.45) is 26.2. The molecule has 0 aliphatic carbocycles. The van der Waals surface area contributed by atoms with Crippen LogP contribution in [0.2, 0.25) is 0 Å². The van der Waals surface area contributed by atoms with Gasteiger partial charge in [-0.1, -0.05) is 103 Å². The first kappa shape index (κ1) is 30.9. The van der Waals surface area contributed by atoms with Gasteiger partial charge in [-0.25, -0.2) is 0 Å². The zero-order valence-corrected chi connectivity index (χ0v) is 22.2. The van der Waals surface area contributed by atoms with Crippen molar-refractivity contribution < 1.29 is 14.0 Å². The van der Waals surface area contributed by atoms with E-state index in [1.165, 1.54) is 122 Å². The molecule has 0 bridgehead atoms. The molecule has 0 saturated carbocycles. The highest BCUT2D eigenvalue weighted by Crippen LogP contribution is 2.13. The van der Waals surface area contributed by atoms with Gasteiger partial charge in [0.05, 0.1) is 27.7 Å². The Morgan fingerprint density at radius 3 is 1.10 bits per heavy atom. The maximum Gasteiger partial charge on any atom is 0.0781 e. The second-order valence-corrected chi connectivity index (χ2v) is 10.6. The van der Waals surface area contributed by atoms with Crippen LogP contribution in [0.15, 0.2) is 0 Å². The Balaban J connectivity index is 3.02. The van der Waals surface area contributed by atoms with E-state index in [1.54, 1.807) is 0 Å². The van der Waals surface area contributed by atoms with Gasteiger partial charge < -0.3 is 14.0 Å². The Bertz CT molecular complexity index is 327. The van der Waals surface area contributed by atoms with Crippen LogP contribution < -0.4 is 0 Å². The Morgan fingerprint density at radius 1 is 0.387 bits per heavy atom. The Hall–Kier alpha value is -0.120. The van der Waals surface area contributed by atoms with Gasteiger partial charge in [0.15, 0.2) is 0 Å². The molecule has 0 atom stereocenters. The van der Waals surface area contributed by atoms with E-state index in [1.807, 2.05) is 0 Å². The third kappa shape index (κ3) is 29.9. The molecule has 0 rings (SSSR count). The van der Waals surface area contributed by atoms with E-state index >= 15 is 0 Å². The number of quaternary nitrogens is 1. The molecule has 0 saturated heterocycles. The molecular weight excluding hydrogens is 382 g/mol. The highest BCUT2D eigenvalue weighted by molar-refractivity contribution is 4.50. The average Bonchev–Trinajstić information content (AvgIpc) is 2.73. The van der Waals surface area contributed by atoms with Crippen LogP contribution in [-0.4, -0.2) is 58.6 Å². The topological polar surface area (TPSA) is 18.5 Å². The average molecular weight is 443 g/mol. The SMILES string of the molecule is CCCCCCCCCCCCCCCCCCOCCCOCCCC[N+](C)(C)C. The van der Waals surface area contributed by atoms with Crippen molar-refractivity contribution in [1.82, 2.24) is 0 Å². The van der Waals surface area contributed by atoms with Crippen LogP contribution in [0.4, 0.5) is 0 Å². The fraction of sp³-hybridized carbons (Fsp3) is 1.00. The molecule has 0 aromatic rings. The minimum Gasteiger partial charge on any atom is -0.381 e. The fourth-order valence-electron chi connectivity index (χ4n) is 4.01. The number of ether oxygens (including phenoxy) is 2. The van der Waals surface area contributed by atoms with Crippen molar-refractivity contribution in [3.8, 4) is 0 Å². The van der Waals surface area contributed by atoms with E-state index in [9.17, 15) is 0 Å². The molecule has 0 amide bonds. The van der Waals surface area contributed by atoms with E-state index < -0.39 is 0 Å². The first-order valence-corrected chi connectivity index (χ1v) is 14.0. The van der Waals surface area contributed by atoms with Crippen molar-refractivity contribution in [2.24, 2.45) is 0 Å². The minimum atomic E-state index is 0.851. The summed E-state index contributed by atoms with van der Waals surface area (Å²) in [4.78, 5) is 0. The summed E-state index contributed by atoms with van der Waals surface area (Å²) < 4.78 is 12.5. The number of unbranched alkanes of at least 4 members (excludes halogenated alkanes) is 16. The van der Waals surface area contributed by atoms with Crippen LogP contribution in [0.5, 0.6) is 0 Å². The van der Waals surface area contributed by atoms with Crippen LogP contribution in [-0.2, 0) is 9.47 Å². The zero-order valence-electron chi connectivity index (χ0n) is 22.2. The molecule has 3 nitrogen and oxygen atoms in total. The van der Waals surface area contributed by atoms with Crippen LogP contribution in [0.3, 0.4) is 0 Å². The molecule has 0 aliphatic heterocycles. The molecule has 0 aromatic carbocycles. The molecule has 0 unspecified atom stereocenters. The van der Waals surface area contributed by atoms with Crippen molar-refractivity contribution in [2.45, 2.75) is 129 Å². The summed E-state index contributed by atoms with van der Waals surface area (Å²) in [5.41, 5.74) is 0. The number of hydrogen-bond acceptors (Lipinski definition) is 2. The number of rotatable bonds is 26. The molecular formula is C28H60NO2+. The zero-order chi connectivity index (χ0) is 22.9. The molecule has 3 heteroatoms. The molecule has 0 N–H and O–H groups in total. The van der Waals surface area contributed by atoms with Crippen molar-refractivity contribution in [3.63, 3.8) is 0 Å². The second kappa shape index (κ2) is 24.5. The smallest absolute Gasteiger partial charge is 0.0781 e. The van der Waals surface area contributed by atoms with Gasteiger partial charge in [-0.3, -0.25) is 0 Å². The number of hydrogen-bond donors (Lipinski definition) is 0. The van der Waals surface area contributed by atoms with E-state index in [0.29, 0.717) is 0 Å². The molecule has 0 fully saturated rings. The number of nitrogens with zero attached hydrogens (tertiary/aromatic N) is 1. The third-order valence-electron chi connectivity index (χ3n) is 6.09. The minimum absolute atomic E-state index is 0.851. The molecule has 0 radical (unpaired) electrons. The van der Waals surface area contributed by atoms with Gasteiger partial charge in [-0.2, -0.15) is 0 Å². The lowest BCUT2D eigenvalue weighted by molar-refractivity contribution is -0.870. The Labute approximate surface area is 197 Å². The van der Waals surface area contributed by atoms with Crippen molar-refractivity contribution >= 4 is 0 Å². The van der Waals surface area contributed by atoms with Crippen molar-refractivity contribution in [3.05, 3.63) is 0 Å². The quantitative estimate of drug-likeness (QED) is 0.0993. The maximum absolute atomic E-state index is 5.74. The molecule has 188 valence electrons. The molecule has 0 aliphatic rings. The molecule has 0 heterocycles. The van der Waals surface area contributed by atoms with Gasteiger partial charge in [-0.15, -0.1) is 0 Å². The van der Waals surface area contributed by atoms with Crippen LogP contribution in [0, 0.1) is 0 Å². The molecule has 31 heavy (non-hydrogen) atoms. The predicted octanol–water partition coefficient (Wildman–Crippen LogP) is 8.16. The molecule has 0 aromatic heterocycles. The van der Waals surface area contributed by atoms with Crippen LogP contribution in [0.25, 0.3) is 0 Å². The van der Waals surface area contributed by atoms with E-state index in [0.717, 1.165) is 37.3 Å². The first-order valence-electron chi connectivity index (χ1n) is 14.0. The van der Waals surface area contributed by atoms with Gasteiger partial charge in [0.25, 0.3) is 0 Å². The summed E-state index contributed by atoms with van der Waals surface area (Å²) in [7, 11) is 6.74. The second-order valence-electron chi connectivity index (χ2n) is 10.6. The van der Waals surface area contributed by atoms with Crippen LogP contribution >= 0.6 is 0 Å². The Kier molecular flexibility index (Phi) is 24.4. The maximum atomic E-state index is 5.74. The van der Waals surface area contributed by atoms with Gasteiger partial charge in [0.1, 0.15) is 0 Å². The summed E-state index contributed by atoms with van der Waals surface area (Å²) in [5, 5.41) is 0. The van der Waals surface area contributed by atoms with E-state index in [4.69, 9.17) is 9.47 Å². The van der Waals surface area contributed by atoms with E-state index in [2.05, 4.69) is 28.1 Å². The largest absolute Gasteiger partial charge is 0.381 e. The summed E-state index contributed by atoms with van der Waals surface area (Å²) in [6.45, 7) is 7.07. The monoisotopic (exact) mass is 442 g/mol. The third-order valence-corrected chi connectivity index (χ3v) is 6.09. The molecule has 0 spiro atoms. The summed E-state index contributed by atoms with van der Waals surface area (Å²) in [5.74, 6) is 0. The fourth-order valence-corrected chi connectivity index (χ4v) is 4.01. The van der Waals surface area contributed by atoms with Crippen molar-refractivity contribution in [1.29, 1.82) is 0 Å². The van der Waals surface area contributed by atoms with Crippen LogP contribution in [0.1, 0.15) is 129 Å². The van der Waals surface area contributed by atoms with Gasteiger partial charge >= 0.3 is 0 Å². The standard InChI is InChI=1S/C28H60NO2/c1-5-6-7-8-9-10-11-12-13-14-15-16-17-18-19-21-25-30-27-23-28-31-26-22-20-24-29(2,3)4/h5-28H2,1-4H3/q+1. The van der Waals surface area contributed by atoms with Gasteiger partial charge in [0, 0.05) is 26.4 Å². The Morgan fingerprint density at radius 2 is 0.710 bits per heavy atom. The lowest BCUT2D eigenvalue weighted by atomic mass is 10.0. The van der Waals surface area contributed by atoms with Gasteiger partial charge in [0.2, 0.25) is 0 Å². The summed E-state index contributed by atoms with van der Waals surface area (Å²) in [6, 6.07) is 0. The van der Waals surface area contributed by atoms with Gasteiger partial charge in [-0.05, 0) is 25.7 Å². The lowest BCUT2D eigenvalue weighted by Gasteiger charge is -2.23. The first-order chi connectivity index (χ1) is 15.1. The predicted molar refractivity (Wildman–Crippen MR) is 138 cm³/mol. The normalized spacial score (nSPS) is 12.0.